The predicted octanol–water partition coefficient (Wildman–Crippen LogP) is 5.53. The van der Waals surface area contributed by atoms with Crippen molar-refractivity contribution in [2.24, 2.45) is 5.92 Å². The molecule has 1 aromatic heterocycles. The molecule has 0 spiro atoms. The van der Waals surface area contributed by atoms with E-state index >= 15 is 0 Å². The second kappa shape index (κ2) is 11.3. The molecule has 0 saturated heterocycles. The number of nitrogen functional groups attached to an aromatic ring is 1. The van der Waals surface area contributed by atoms with Gasteiger partial charge in [-0.05, 0) is 68.5 Å². The number of thiazole rings is 1. The number of aromatic carboxylic acids is 1. The van der Waals surface area contributed by atoms with E-state index in [1.165, 1.54) is 36.3 Å². The summed E-state index contributed by atoms with van der Waals surface area (Å²) in [6.45, 7) is 3.86. The van der Waals surface area contributed by atoms with E-state index < -0.39 is 12.3 Å². The molecule has 4 N–H and O–H groups in total. The number of benzene rings is 2. The van der Waals surface area contributed by atoms with Gasteiger partial charge in [0.15, 0.2) is 10.8 Å². The predicted molar refractivity (Wildman–Crippen MR) is 126 cm³/mol. The second-order valence-corrected chi connectivity index (χ2v) is 9.02. The summed E-state index contributed by atoms with van der Waals surface area (Å²) in [5, 5.41) is 12.6. The molecule has 6 nitrogen and oxygen atoms in total. The Morgan fingerprint density at radius 2 is 1.94 bits per heavy atom. The average molecular weight is 494 g/mol. The first-order valence-corrected chi connectivity index (χ1v) is 11.5. The Kier molecular flexibility index (Phi) is 8.51. The first-order chi connectivity index (χ1) is 16.1. The Morgan fingerprint density at radius 3 is 2.53 bits per heavy atom. The van der Waals surface area contributed by atoms with E-state index in [9.17, 15) is 18.0 Å². The van der Waals surface area contributed by atoms with Gasteiger partial charge in [0, 0.05) is 0 Å². The van der Waals surface area contributed by atoms with Crippen LogP contribution in [0, 0.1) is 12.8 Å². The Bertz CT molecular complexity index is 1100. The van der Waals surface area contributed by atoms with Crippen molar-refractivity contribution in [1.29, 1.82) is 0 Å². The van der Waals surface area contributed by atoms with E-state index in [1.807, 2.05) is 31.2 Å². The zero-order valence-corrected chi connectivity index (χ0v) is 19.4. The first kappa shape index (κ1) is 25.5. The van der Waals surface area contributed by atoms with Gasteiger partial charge in [0.2, 0.25) is 0 Å². The van der Waals surface area contributed by atoms with Crippen molar-refractivity contribution in [3.05, 3.63) is 65.4 Å². The van der Waals surface area contributed by atoms with Gasteiger partial charge in [-0.2, -0.15) is 0 Å². The lowest BCUT2D eigenvalue weighted by molar-refractivity contribution is -0.274. The van der Waals surface area contributed by atoms with E-state index in [2.05, 4.69) is 15.0 Å². The quantitative estimate of drug-likeness (QED) is 0.357. The summed E-state index contributed by atoms with van der Waals surface area (Å²) in [6.07, 6.45) is -1.17. The van der Waals surface area contributed by atoms with Gasteiger partial charge in [0.25, 0.3) is 0 Å². The number of hydrogen-bond acceptors (Lipinski definition) is 6. The SMILES string of the molecule is Cc1cccc(-c2sc(N)nc2C(=O)O)c1.FC(F)(F)Oc1ccc(CCNCC2CC2)cc1. The van der Waals surface area contributed by atoms with Crippen molar-refractivity contribution in [3.8, 4) is 16.2 Å². The molecule has 0 bridgehead atoms. The van der Waals surface area contributed by atoms with Crippen molar-refractivity contribution in [3.63, 3.8) is 0 Å². The maximum absolute atomic E-state index is 11.9. The van der Waals surface area contributed by atoms with Gasteiger partial charge in [-0.1, -0.05) is 53.3 Å². The monoisotopic (exact) mass is 493 g/mol. The van der Waals surface area contributed by atoms with Gasteiger partial charge in [0.05, 0.1) is 4.88 Å². The smallest absolute Gasteiger partial charge is 0.476 e. The van der Waals surface area contributed by atoms with Crippen molar-refractivity contribution in [2.75, 3.05) is 18.8 Å². The number of carboxylic acids is 1. The normalized spacial score (nSPS) is 13.2. The third-order valence-corrected chi connectivity index (χ3v) is 5.94. The second-order valence-electron chi connectivity index (χ2n) is 7.99. The lowest BCUT2D eigenvalue weighted by Gasteiger charge is -2.09. The molecular weight excluding hydrogens is 467 g/mol. The van der Waals surface area contributed by atoms with Gasteiger partial charge in [-0.3, -0.25) is 0 Å². The van der Waals surface area contributed by atoms with Crippen molar-refractivity contribution < 1.29 is 27.8 Å². The highest BCUT2D eigenvalue weighted by atomic mass is 32.1. The van der Waals surface area contributed by atoms with Crippen LogP contribution in [-0.2, 0) is 6.42 Å². The lowest BCUT2D eigenvalue weighted by Crippen LogP contribution is -2.19. The minimum Gasteiger partial charge on any atom is -0.476 e. The molecule has 1 heterocycles. The fourth-order valence-corrected chi connectivity index (χ4v) is 4.00. The minimum atomic E-state index is -4.62. The van der Waals surface area contributed by atoms with E-state index in [0.29, 0.717) is 4.88 Å². The summed E-state index contributed by atoms with van der Waals surface area (Å²) in [4.78, 5) is 15.4. The van der Waals surface area contributed by atoms with Gasteiger partial charge < -0.3 is 20.9 Å². The zero-order chi connectivity index (χ0) is 24.7. The van der Waals surface area contributed by atoms with Crippen molar-refractivity contribution in [1.82, 2.24) is 10.3 Å². The third kappa shape index (κ3) is 8.35. The number of alkyl halides is 3. The third-order valence-electron chi connectivity index (χ3n) is 5.00. The van der Waals surface area contributed by atoms with Crippen LogP contribution in [0.1, 0.15) is 34.5 Å². The van der Waals surface area contributed by atoms with E-state index in [0.717, 1.165) is 42.1 Å². The van der Waals surface area contributed by atoms with E-state index in [4.69, 9.17) is 10.8 Å². The van der Waals surface area contributed by atoms with Crippen LogP contribution in [-0.4, -0.2) is 35.5 Å². The van der Waals surface area contributed by atoms with Crippen LogP contribution in [0.2, 0.25) is 0 Å². The maximum Gasteiger partial charge on any atom is 0.573 e. The summed E-state index contributed by atoms with van der Waals surface area (Å²) in [5.74, 6) is -0.380. The summed E-state index contributed by atoms with van der Waals surface area (Å²) >= 11 is 1.19. The van der Waals surface area contributed by atoms with Crippen LogP contribution in [0.4, 0.5) is 18.3 Å². The molecule has 0 aliphatic heterocycles. The van der Waals surface area contributed by atoms with Crippen LogP contribution in [0.15, 0.2) is 48.5 Å². The summed E-state index contributed by atoms with van der Waals surface area (Å²) in [6, 6.07) is 13.6. The molecule has 0 radical (unpaired) electrons. The summed E-state index contributed by atoms with van der Waals surface area (Å²) in [5.41, 5.74) is 8.47. The Morgan fingerprint density at radius 1 is 1.24 bits per heavy atom. The topological polar surface area (TPSA) is 97.5 Å². The fourth-order valence-electron chi connectivity index (χ4n) is 3.18. The Labute approximate surface area is 199 Å². The summed E-state index contributed by atoms with van der Waals surface area (Å²) < 4.78 is 39.6. The number of anilines is 1. The molecule has 34 heavy (non-hydrogen) atoms. The highest BCUT2D eigenvalue weighted by molar-refractivity contribution is 7.19. The van der Waals surface area contributed by atoms with Crippen molar-refractivity contribution in [2.45, 2.75) is 32.5 Å². The number of hydrogen-bond donors (Lipinski definition) is 3. The number of aromatic nitrogens is 1. The van der Waals surface area contributed by atoms with Crippen molar-refractivity contribution >= 4 is 22.4 Å². The van der Waals surface area contributed by atoms with Gasteiger partial charge in [-0.25, -0.2) is 9.78 Å². The van der Waals surface area contributed by atoms with E-state index in [1.54, 1.807) is 12.1 Å². The molecule has 1 aliphatic carbocycles. The number of ether oxygens (including phenoxy) is 1. The first-order valence-electron chi connectivity index (χ1n) is 10.7. The highest BCUT2D eigenvalue weighted by Gasteiger charge is 2.30. The number of aryl methyl sites for hydroxylation is 1. The van der Waals surface area contributed by atoms with Crippen LogP contribution >= 0.6 is 11.3 Å². The molecule has 1 saturated carbocycles. The van der Waals surface area contributed by atoms with Gasteiger partial charge in [-0.15, -0.1) is 13.2 Å². The number of rotatable bonds is 8. The minimum absolute atomic E-state index is 0.0214. The number of nitrogens with two attached hydrogens (primary N) is 1. The summed E-state index contributed by atoms with van der Waals surface area (Å²) in [7, 11) is 0. The number of carbonyl (C=O) groups is 1. The number of nitrogens with one attached hydrogen (secondary N) is 1. The van der Waals surface area contributed by atoms with Crippen LogP contribution in [0.3, 0.4) is 0 Å². The number of carboxylic acid groups (broad SMARTS) is 1. The molecule has 1 fully saturated rings. The molecule has 182 valence electrons. The average Bonchev–Trinajstić information content (AvgIpc) is 3.50. The molecule has 2 aromatic carbocycles. The number of halogens is 3. The molecule has 4 rings (SSSR count). The Balaban J connectivity index is 0.000000192. The van der Waals surface area contributed by atoms with Gasteiger partial charge >= 0.3 is 12.3 Å². The molecular formula is C24H26F3N3O3S. The number of nitrogens with zero attached hydrogens (tertiary/aromatic N) is 1. The fraction of sp³-hybridized carbons (Fsp3) is 0.333. The van der Waals surface area contributed by atoms with E-state index in [-0.39, 0.29) is 16.6 Å². The largest absolute Gasteiger partial charge is 0.573 e. The molecule has 0 amide bonds. The van der Waals surface area contributed by atoms with Crippen LogP contribution in [0.5, 0.6) is 5.75 Å². The highest BCUT2D eigenvalue weighted by Crippen LogP contribution is 2.32. The van der Waals surface area contributed by atoms with Crippen LogP contribution in [0.25, 0.3) is 10.4 Å². The molecule has 1 aliphatic rings. The molecule has 10 heteroatoms. The van der Waals surface area contributed by atoms with Crippen LogP contribution < -0.4 is 15.8 Å². The Hall–Kier alpha value is -3.11. The standard InChI is InChI=1S/C13H16F3NO.C11H10N2O2S/c14-13(15,16)18-12-5-3-10(4-6-12)7-8-17-9-11-1-2-11;1-6-3-2-4-7(5-6)9-8(10(14)15)13-11(12)16-9/h3-6,11,17H,1-2,7-9H2;2-5H,1H3,(H2,12,13)(H,14,15). The molecule has 0 atom stereocenters. The molecule has 0 unspecified atom stereocenters. The maximum atomic E-state index is 11.9. The lowest BCUT2D eigenvalue weighted by atomic mass is 10.1. The zero-order valence-electron chi connectivity index (χ0n) is 18.6. The molecule has 3 aromatic rings. The van der Waals surface area contributed by atoms with Gasteiger partial charge in [0.1, 0.15) is 5.75 Å².